The standard InChI is InChI=1S/C24H21N3O6S3/c1-27(36(30,31)23-8-5-13-34-23)18-9-11-19(12-10-18)32-15-22(29)33-14-21(28)26-24-25-20(16-35-24)17-6-3-2-4-7-17/h2-13,16H,14-15H2,1H3,(H,25,26,28). The number of sulfonamides is 1. The number of esters is 1. The van der Waals surface area contributed by atoms with E-state index in [2.05, 4.69) is 10.3 Å². The minimum atomic E-state index is -3.64. The Morgan fingerprint density at radius 2 is 1.72 bits per heavy atom. The van der Waals surface area contributed by atoms with E-state index in [4.69, 9.17) is 9.47 Å². The number of hydrogen-bond acceptors (Lipinski definition) is 9. The van der Waals surface area contributed by atoms with Gasteiger partial charge in [-0.1, -0.05) is 36.4 Å². The van der Waals surface area contributed by atoms with E-state index in [-0.39, 0.29) is 4.21 Å². The number of benzene rings is 2. The molecule has 0 saturated carbocycles. The summed E-state index contributed by atoms with van der Waals surface area (Å²) in [5, 5.41) is 6.52. The summed E-state index contributed by atoms with van der Waals surface area (Å²) < 4.78 is 37.0. The number of carbonyl (C=O) groups is 2. The van der Waals surface area contributed by atoms with Crippen LogP contribution in [0.5, 0.6) is 5.75 Å². The third-order valence-electron chi connectivity index (χ3n) is 4.85. The molecule has 0 radical (unpaired) electrons. The van der Waals surface area contributed by atoms with Gasteiger partial charge in [-0.2, -0.15) is 0 Å². The molecular weight excluding hydrogens is 522 g/mol. The molecule has 2 aromatic carbocycles. The van der Waals surface area contributed by atoms with Crippen LogP contribution in [0.15, 0.2) is 81.7 Å². The van der Waals surface area contributed by atoms with Crippen LogP contribution in [-0.4, -0.2) is 45.5 Å². The van der Waals surface area contributed by atoms with Gasteiger partial charge >= 0.3 is 5.97 Å². The maximum atomic E-state index is 12.6. The van der Waals surface area contributed by atoms with Gasteiger partial charge in [0.1, 0.15) is 9.96 Å². The molecular formula is C24H21N3O6S3. The van der Waals surface area contributed by atoms with Crippen LogP contribution in [0.25, 0.3) is 11.3 Å². The second kappa shape index (κ2) is 11.3. The number of nitrogens with zero attached hydrogens (tertiary/aromatic N) is 2. The average Bonchev–Trinajstić information content (AvgIpc) is 3.60. The number of amides is 1. The lowest BCUT2D eigenvalue weighted by molar-refractivity contribution is -0.149. The van der Waals surface area contributed by atoms with Crippen LogP contribution < -0.4 is 14.4 Å². The predicted molar refractivity (Wildman–Crippen MR) is 139 cm³/mol. The van der Waals surface area contributed by atoms with Gasteiger partial charge in [0.15, 0.2) is 18.3 Å². The molecule has 0 fully saturated rings. The van der Waals surface area contributed by atoms with E-state index < -0.39 is 35.1 Å². The van der Waals surface area contributed by atoms with Crippen molar-refractivity contribution in [2.24, 2.45) is 0 Å². The van der Waals surface area contributed by atoms with Crippen LogP contribution in [0.2, 0.25) is 0 Å². The van der Waals surface area contributed by atoms with Crippen molar-refractivity contribution < 1.29 is 27.5 Å². The molecule has 4 rings (SSSR count). The Labute approximate surface area is 216 Å². The topological polar surface area (TPSA) is 115 Å². The quantitative estimate of drug-likeness (QED) is 0.297. The first-order valence-electron chi connectivity index (χ1n) is 10.5. The van der Waals surface area contributed by atoms with E-state index in [1.54, 1.807) is 41.8 Å². The maximum Gasteiger partial charge on any atom is 0.344 e. The van der Waals surface area contributed by atoms with E-state index >= 15 is 0 Å². The number of ether oxygens (including phenoxy) is 2. The second-order valence-electron chi connectivity index (χ2n) is 7.30. The summed E-state index contributed by atoms with van der Waals surface area (Å²) in [5.41, 5.74) is 2.11. The van der Waals surface area contributed by atoms with Gasteiger partial charge in [0.05, 0.1) is 11.4 Å². The second-order valence-corrected chi connectivity index (χ2v) is 11.3. The lowest BCUT2D eigenvalue weighted by atomic mass is 10.2. The highest BCUT2D eigenvalue weighted by atomic mass is 32.2. The molecule has 0 bridgehead atoms. The van der Waals surface area contributed by atoms with E-state index in [1.165, 1.54) is 22.7 Å². The summed E-state index contributed by atoms with van der Waals surface area (Å²) >= 11 is 2.41. The molecule has 1 N–H and O–H groups in total. The molecule has 2 heterocycles. The molecule has 0 aliphatic carbocycles. The minimum Gasteiger partial charge on any atom is -0.482 e. The van der Waals surface area contributed by atoms with Crippen LogP contribution in [0.1, 0.15) is 0 Å². The van der Waals surface area contributed by atoms with E-state index in [1.807, 2.05) is 35.7 Å². The monoisotopic (exact) mass is 543 g/mol. The van der Waals surface area contributed by atoms with Gasteiger partial charge in [0.2, 0.25) is 0 Å². The maximum absolute atomic E-state index is 12.6. The molecule has 0 saturated heterocycles. The molecule has 1 amide bonds. The third-order valence-corrected chi connectivity index (χ3v) is 8.77. The third kappa shape index (κ3) is 6.27. The fraction of sp³-hybridized carbons (Fsp3) is 0.125. The fourth-order valence-corrected chi connectivity index (χ4v) is 6.09. The van der Waals surface area contributed by atoms with Crippen molar-refractivity contribution in [3.05, 3.63) is 77.5 Å². The highest BCUT2D eigenvalue weighted by Crippen LogP contribution is 2.27. The summed E-state index contributed by atoms with van der Waals surface area (Å²) in [6.45, 7) is -0.891. The average molecular weight is 544 g/mol. The summed E-state index contributed by atoms with van der Waals surface area (Å²) in [6.07, 6.45) is 0. The number of anilines is 2. The number of thiophene rings is 1. The molecule has 9 nitrogen and oxygen atoms in total. The van der Waals surface area contributed by atoms with E-state index in [0.717, 1.165) is 22.6 Å². The summed E-state index contributed by atoms with van der Waals surface area (Å²) in [5.74, 6) is -0.898. The molecule has 12 heteroatoms. The number of carbonyl (C=O) groups excluding carboxylic acids is 2. The van der Waals surface area contributed by atoms with Gasteiger partial charge in [-0.25, -0.2) is 18.2 Å². The van der Waals surface area contributed by atoms with Crippen molar-refractivity contribution in [2.75, 3.05) is 29.9 Å². The number of hydrogen-bond donors (Lipinski definition) is 1. The molecule has 4 aromatic rings. The SMILES string of the molecule is CN(c1ccc(OCC(=O)OCC(=O)Nc2nc(-c3ccccc3)cs2)cc1)S(=O)(=O)c1cccs1. The highest BCUT2D eigenvalue weighted by molar-refractivity contribution is 7.94. The van der Waals surface area contributed by atoms with Gasteiger partial charge in [-0.05, 0) is 35.7 Å². The van der Waals surface area contributed by atoms with Crippen LogP contribution in [0.3, 0.4) is 0 Å². The smallest absolute Gasteiger partial charge is 0.344 e. The molecule has 0 aliphatic heterocycles. The Bertz CT molecular complexity index is 1420. The molecule has 0 atom stereocenters. The lowest BCUT2D eigenvalue weighted by Crippen LogP contribution is -2.25. The largest absolute Gasteiger partial charge is 0.482 e. The fourth-order valence-electron chi connectivity index (χ4n) is 2.99. The van der Waals surface area contributed by atoms with Crippen LogP contribution >= 0.6 is 22.7 Å². The van der Waals surface area contributed by atoms with Crippen molar-refractivity contribution >= 4 is 55.4 Å². The van der Waals surface area contributed by atoms with Gasteiger partial charge < -0.3 is 9.47 Å². The summed E-state index contributed by atoms with van der Waals surface area (Å²) in [7, 11) is -2.18. The Balaban J connectivity index is 1.22. The van der Waals surface area contributed by atoms with Gasteiger partial charge in [-0.3, -0.25) is 14.4 Å². The number of thiazole rings is 1. The van der Waals surface area contributed by atoms with Crippen molar-refractivity contribution in [3.63, 3.8) is 0 Å². The first kappa shape index (κ1) is 25.4. The van der Waals surface area contributed by atoms with E-state index in [0.29, 0.717) is 16.6 Å². The normalized spacial score (nSPS) is 11.0. The summed E-state index contributed by atoms with van der Waals surface area (Å²) in [6, 6.07) is 19.0. The van der Waals surface area contributed by atoms with Crippen molar-refractivity contribution in [1.29, 1.82) is 0 Å². The highest BCUT2D eigenvalue weighted by Gasteiger charge is 2.22. The van der Waals surface area contributed by atoms with Gasteiger partial charge in [0.25, 0.3) is 15.9 Å². The minimum absolute atomic E-state index is 0.239. The molecule has 0 unspecified atom stereocenters. The Morgan fingerprint density at radius 3 is 2.42 bits per heavy atom. The summed E-state index contributed by atoms with van der Waals surface area (Å²) in [4.78, 5) is 28.4. The molecule has 2 aromatic heterocycles. The van der Waals surface area contributed by atoms with Crippen LogP contribution in [-0.2, 0) is 24.3 Å². The first-order chi connectivity index (χ1) is 17.3. The van der Waals surface area contributed by atoms with Crippen LogP contribution in [0.4, 0.5) is 10.8 Å². The molecule has 36 heavy (non-hydrogen) atoms. The first-order valence-corrected chi connectivity index (χ1v) is 13.7. The zero-order valence-corrected chi connectivity index (χ0v) is 21.4. The number of rotatable bonds is 10. The van der Waals surface area contributed by atoms with Gasteiger partial charge in [-0.15, -0.1) is 22.7 Å². The molecule has 0 aliphatic rings. The zero-order valence-electron chi connectivity index (χ0n) is 19.0. The Kier molecular flexibility index (Phi) is 7.98. The lowest BCUT2D eigenvalue weighted by Gasteiger charge is -2.18. The Morgan fingerprint density at radius 1 is 0.972 bits per heavy atom. The zero-order chi connectivity index (χ0) is 25.5. The van der Waals surface area contributed by atoms with Crippen LogP contribution in [0, 0.1) is 0 Å². The predicted octanol–water partition coefficient (Wildman–Crippen LogP) is 4.26. The van der Waals surface area contributed by atoms with E-state index in [9.17, 15) is 18.0 Å². The number of aromatic nitrogens is 1. The Hall–Kier alpha value is -3.74. The van der Waals surface area contributed by atoms with Crippen molar-refractivity contribution in [2.45, 2.75) is 4.21 Å². The molecule has 0 spiro atoms. The molecule has 186 valence electrons. The van der Waals surface area contributed by atoms with Crippen molar-refractivity contribution in [3.8, 4) is 17.0 Å². The van der Waals surface area contributed by atoms with Crippen molar-refractivity contribution in [1.82, 2.24) is 4.98 Å². The van der Waals surface area contributed by atoms with Gasteiger partial charge in [0, 0.05) is 18.0 Å². The number of nitrogens with one attached hydrogen (secondary N) is 1.